The SMILES string of the molecule is O=S1(=O)CCc2ccccc2CN1CCc1ccc(Cl)cc1. The van der Waals surface area contributed by atoms with Crippen LogP contribution in [0.4, 0.5) is 0 Å². The molecule has 0 unspecified atom stereocenters. The van der Waals surface area contributed by atoms with E-state index in [1.165, 1.54) is 0 Å². The molecule has 0 bridgehead atoms. The van der Waals surface area contributed by atoms with Gasteiger partial charge in [0, 0.05) is 18.1 Å². The summed E-state index contributed by atoms with van der Waals surface area (Å²) in [5.74, 6) is 0.185. The molecule has 116 valence electrons. The van der Waals surface area contributed by atoms with Gasteiger partial charge in [-0.1, -0.05) is 48.0 Å². The Bertz CT molecular complexity index is 756. The van der Waals surface area contributed by atoms with Gasteiger partial charge in [-0.3, -0.25) is 0 Å². The molecule has 22 heavy (non-hydrogen) atoms. The molecule has 0 N–H and O–H groups in total. The minimum atomic E-state index is -3.20. The van der Waals surface area contributed by atoms with Crippen molar-refractivity contribution < 1.29 is 8.42 Å². The van der Waals surface area contributed by atoms with Gasteiger partial charge in [0.05, 0.1) is 5.75 Å². The van der Waals surface area contributed by atoms with Crippen LogP contribution in [0.15, 0.2) is 48.5 Å². The summed E-state index contributed by atoms with van der Waals surface area (Å²) in [7, 11) is -3.20. The van der Waals surface area contributed by atoms with Gasteiger partial charge >= 0.3 is 0 Å². The Morgan fingerprint density at radius 3 is 2.41 bits per heavy atom. The maximum absolute atomic E-state index is 12.5. The van der Waals surface area contributed by atoms with E-state index in [0.717, 1.165) is 16.7 Å². The number of nitrogens with zero attached hydrogens (tertiary/aromatic N) is 1. The standard InChI is InChI=1S/C17H18ClNO2S/c18-17-7-5-14(6-8-17)9-11-19-13-16-4-2-1-3-15(16)10-12-22(19,20)21/h1-8H,9-13H2. The summed E-state index contributed by atoms with van der Waals surface area (Å²) in [6, 6.07) is 15.5. The fourth-order valence-electron chi connectivity index (χ4n) is 2.74. The van der Waals surface area contributed by atoms with Crippen LogP contribution in [-0.2, 0) is 29.4 Å². The molecule has 1 heterocycles. The van der Waals surface area contributed by atoms with Crippen LogP contribution in [0.1, 0.15) is 16.7 Å². The van der Waals surface area contributed by atoms with Gasteiger partial charge in [-0.05, 0) is 41.7 Å². The van der Waals surface area contributed by atoms with Gasteiger partial charge in [0.2, 0.25) is 10.0 Å². The third-order valence-electron chi connectivity index (χ3n) is 4.05. The second kappa shape index (κ2) is 6.41. The maximum Gasteiger partial charge on any atom is 0.214 e. The Balaban J connectivity index is 1.77. The molecular formula is C17H18ClNO2S. The number of hydrogen-bond donors (Lipinski definition) is 0. The van der Waals surface area contributed by atoms with Crippen molar-refractivity contribution in [1.82, 2.24) is 4.31 Å². The van der Waals surface area contributed by atoms with E-state index >= 15 is 0 Å². The Morgan fingerprint density at radius 1 is 1.00 bits per heavy atom. The molecule has 0 saturated carbocycles. The number of benzene rings is 2. The van der Waals surface area contributed by atoms with Gasteiger partial charge in [-0.15, -0.1) is 0 Å². The lowest BCUT2D eigenvalue weighted by Crippen LogP contribution is -2.33. The van der Waals surface area contributed by atoms with Crippen LogP contribution in [0.5, 0.6) is 0 Å². The largest absolute Gasteiger partial charge is 0.214 e. The predicted molar refractivity (Wildman–Crippen MR) is 89.5 cm³/mol. The first-order chi connectivity index (χ1) is 10.5. The van der Waals surface area contributed by atoms with Crippen molar-refractivity contribution >= 4 is 21.6 Å². The first-order valence-electron chi connectivity index (χ1n) is 7.34. The second-order valence-electron chi connectivity index (χ2n) is 5.54. The molecule has 0 amide bonds. The van der Waals surface area contributed by atoms with Crippen LogP contribution < -0.4 is 0 Å². The van der Waals surface area contributed by atoms with Gasteiger partial charge in [0.15, 0.2) is 0 Å². The lowest BCUT2D eigenvalue weighted by atomic mass is 10.1. The molecule has 0 spiro atoms. The first-order valence-corrected chi connectivity index (χ1v) is 9.32. The van der Waals surface area contributed by atoms with E-state index in [1.807, 2.05) is 48.5 Å². The Labute approximate surface area is 136 Å². The fraction of sp³-hybridized carbons (Fsp3) is 0.294. The minimum absolute atomic E-state index is 0.185. The van der Waals surface area contributed by atoms with Crippen molar-refractivity contribution in [2.45, 2.75) is 19.4 Å². The van der Waals surface area contributed by atoms with E-state index in [9.17, 15) is 8.42 Å². The van der Waals surface area contributed by atoms with Crippen molar-refractivity contribution in [3.63, 3.8) is 0 Å². The molecule has 0 atom stereocenters. The molecule has 1 aliphatic rings. The molecule has 1 aliphatic heterocycles. The summed E-state index contributed by atoms with van der Waals surface area (Å²) in [4.78, 5) is 0. The predicted octanol–water partition coefficient (Wildman–Crippen LogP) is 3.27. The van der Waals surface area contributed by atoms with Crippen LogP contribution in [0, 0.1) is 0 Å². The minimum Gasteiger partial charge on any atom is -0.212 e. The number of halogens is 1. The number of fused-ring (bicyclic) bond motifs is 1. The molecular weight excluding hydrogens is 318 g/mol. The number of aryl methyl sites for hydroxylation is 1. The van der Waals surface area contributed by atoms with Crippen LogP contribution in [-0.4, -0.2) is 25.0 Å². The van der Waals surface area contributed by atoms with E-state index in [4.69, 9.17) is 11.6 Å². The van der Waals surface area contributed by atoms with Gasteiger partial charge in [-0.2, -0.15) is 4.31 Å². The zero-order valence-corrected chi connectivity index (χ0v) is 13.8. The molecule has 2 aromatic rings. The molecule has 5 heteroatoms. The van der Waals surface area contributed by atoms with E-state index in [0.29, 0.717) is 31.0 Å². The summed E-state index contributed by atoms with van der Waals surface area (Å²) < 4.78 is 26.5. The highest BCUT2D eigenvalue weighted by Gasteiger charge is 2.26. The zero-order valence-electron chi connectivity index (χ0n) is 12.2. The summed E-state index contributed by atoms with van der Waals surface area (Å²) in [6.45, 7) is 0.963. The Kier molecular flexibility index (Phi) is 4.52. The Hall–Kier alpha value is -1.36. The highest BCUT2D eigenvalue weighted by molar-refractivity contribution is 7.89. The van der Waals surface area contributed by atoms with E-state index in [1.54, 1.807) is 4.31 Å². The summed E-state index contributed by atoms with van der Waals surface area (Å²) >= 11 is 5.88. The third-order valence-corrected chi connectivity index (χ3v) is 6.12. The van der Waals surface area contributed by atoms with Crippen LogP contribution in [0.2, 0.25) is 5.02 Å². The molecule has 0 radical (unpaired) electrons. The average molecular weight is 336 g/mol. The van der Waals surface area contributed by atoms with E-state index in [-0.39, 0.29) is 5.75 Å². The monoisotopic (exact) mass is 335 g/mol. The van der Waals surface area contributed by atoms with Gasteiger partial charge in [-0.25, -0.2) is 8.42 Å². The quantitative estimate of drug-likeness (QED) is 0.863. The van der Waals surface area contributed by atoms with Crippen molar-refractivity contribution in [3.8, 4) is 0 Å². The van der Waals surface area contributed by atoms with Crippen molar-refractivity contribution in [2.24, 2.45) is 0 Å². The molecule has 0 saturated heterocycles. The highest BCUT2D eigenvalue weighted by Crippen LogP contribution is 2.21. The molecule has 3 rings (SSSR count). The van der Waals surface area contributed by atoms with Crippen molar-refractivity contribution in [3.05, 3.63) is 70.2 Å². The lowest BCUT2D eigenvalue weighted by molar-refractivity contribution is 0.413. The van der Waals surface area contributed by atoms with Gasteiger partial charge < -0.3 is 0 Å². The van der Waals surface area contributed by atoms with Crippen molar-refractivity contribution in [1.29, 1.82) is 0 Å². The zero-order chi connectivity index (χ0) is 15.6. The Morgan fingerprint density at radius 2 is 1.68 bits per heavy atom. The topological polar surface area (TPSA) is 37.4 Å². The number of sulfonamides is 1. The van der Waals surface area contributed by atoms with Crippen LogP contribution >= 0.6 is 11.6 Å². The summed E-state index contributed by atoms with van der Waals surface area (Å²) in [5, 5.41) is 0.695. The summed E-state index contributed by atoms with van der Waals surface area (Å²) in [6.07, 6.45) is 1.29. The number of hydrogen-bond acceptors (Lipinski definition) is 2. The molecule has 0 fully saturated rings. The third kappa shape index (κ3) is 3.51. The van der Waals surface area contributed by atoms with Crippen molar-refractivity contribution in [2.75, 3.05) is 12.3 Å². The molecule has 3 nitrogen and oxygen atoms in total. The van der Waals surface area contributed by atoms with Crippen LogP contribution in [0.25, 0.3) is 0 Å². The highest BCUT2D eigenvalue weighted by atomic mass is 35.5. The van der Waals surface area contributed by atoms with Crippen LogP contribution in [0.3, 0.4) is 0 Å². The van der Waals surface area contributed by atoms with E-state index in [2.05, 4.69) is 0 Å². The second-order valence-corrected chi connectivity index (χ2v) is 8.07. The fourth-order valence-corrected chi connectivity index (χ4v) is 4.30. The molecule has 0 aliphatic carbocycles. The molecule has 0 aromatic heterocycles. The van der Waals surface area contributed by atoms with Gasteiger partial charge in [0.1, 0.15) is 0 Å². The van der Waals surface area contributed by atoms with E-state index < -0.39 is 10.0 Å². The van der Waals surface area contributed by atoms with Gasteiger partial charge in [0.25, 0.3) is 0 Å². The lowest BCUT2D eigenvalue weighted by Gasteiger charge is -2.20. The average Bonchev–Trinajstić information content (AvgIpc) is 2.64. The first kappa shape index (κ1) is 15.5. The summed E-state index contributed by atoms with van der Waals surface area (Å²) in [5.41, 5.74) is 3.34. The maximum atomic E-state index is 12.5. The molecule has 2 aromatic carbocycles. The number of rotatable bonds is 3. The normalized spacial score (nSPS) is 17.7. The smallest absolute Gasteiger partial charge is 0.212 e.